The Bertz CT molecular complexity index is 1090. The Morgan fingerprint density at radius 2 is 2.07 bits per heavy atom. The van der Waals surface area contributed by atoms with Gasteiger partial charge in [-0.25, -0.2) is 19.4 Å². The van der Waals surface area contributed by atoms with Crippen LogP contribution in [-0.4, -0.2) is 32.7 Å². The lowest BCUT2D eigenvalue weighted by Crippen LogP contribution is -2.45. The van der Waals surface area contributed by atoms with Crippen LogP contribution in [-0.2, 0) is 0 Å². The van der Waals surface area contributed by atoms with Crippen LogP contribution in [0, 0.1) is 18.6 Å². The number of pyridine rings is 1. The number of carbonyl (C=O) groups is 1. The Hall–Kier alpha value is -3.11. The van der Waals surface area contributed by atoms with Crippen LogP contribution in [0.5, 0.6) is 0 Å². The van der Waals surface area contributed by atoms with E-state index in [1.165, 1.54) is 18.3 Å². The lowest BCUT2D eigenvalue weighted by molar-refractivity contribution is 0.198. The van der Waals surface area contributed by atoms with Crippen molar-refractivity contribution in [3.05, 3.63) is 52.6 Å². The molecule has 8 nitrogen and oxygen atoms in total. The number of nitrogens with two attached hydrogens (primary N) is 1. The van der Waals surface area contributed by atoms with E-state index in [2.05, 4.69) is 20.4 Å². The topological polar surface area (TPSA) is 110 Å². The Morgan fingerprint density at radius 1 is 1.33 bits per heavy atom. The summed E-state index contributed by atoms with van der Waals surface area (Å²) >= 11 is 6.00. The first-order valence-electron chi connectivity index (χ1n) is 8.99. The number of hydrazine groups is 1. The number of rotatable bonds is 5. The molecule has 3 N–H and O–H groups in total. The summed E-state index contributed by atoms with van der Waals surface area (Å²) in [4.78, 5) is 20.1. The van der Waals surface area contributed by atoms with Gasteiger partial charge in [-0.2, -0.15) is 4.98 Å². The Balaban J connectivity index is 2.00. The van der Waals surface area contributed by atoms with Crippen LogP contribution < -0.4 is 11.2 Å². The number of hydrogen-bond donors (Lipinski definition) is 2. The highest BCUT2D eigenvalue weighted by molar-refractivity contribution is 6.31. The minimum absolute atomic E-state index is 0.00365. The molecule has 2 amide bonds. The van der Waals surface area contributed by atoms with Gasteiger partial charge in [0.25, 0.3) is 0 Å². The highest BCUT2D eigenvalue weighted by Gasteiger charge is 2.22. The second-order valence-corrected chi connectivity index (χ2v) is 6.93. The van der Waals surface area contributed by atoms with Gasteiger partial charge in [-0.15, -0.1) is 0 Å². The third-order valence-corrected chi connectivity index (χ3v) is 4.56. The predicted octanol–water partition coefficient (Wildman–Crippen LogP) is 4.00. The van der Waals surface area contributed by atoms with E-state index in [-0.39, 0.29) is 45.7 Å². The van der Waals surface area contributed by atoms with Crippen LogP contribution in [0.4, 0.5) is 13.6 Å². The zero-order valence-corrected chi connectivity index (χ0v) is 17.2. The molecule has 0 bridgehead atoms. The molecule has 30 heavy (non-hydrogen) atoms. The summed E-state index contributed by atoms with van der Waals surface area (Å²) in [6, 6.07) is 2.42. The zero-order valence-electron chi connectivity index (χ0n) is 16.4. The molecule has 2 aromatic heterocycles. The van der Waals surface area contributed by atoms with E-state index in [1.54, 1.807) is 20.8 Å². The van der Waals surface area contributed by atoms with E-state index in [9.17, 15) is 13.6 Å². The normalized spacial score (nSPS) is 12.0. The summed E-state index contributed by atoms with van der Waals surface area (Å²) in [7, 11) is 0. The second kappa shape index (κ2) is 8.72. The van der Waals surface area contributed by atoms with E-state index in [0.717, 1.165) is 11.1 Å². The van der Waals surface area contributed by atoms with Crippen LogP contribution in [0.3, 0.4) is 0 Å². The number of nitrogens with one attached hydrogen (secondary N) is 1. The molecule has 3 aromatic rings. The van der Waals surface area contributed by atoms with Gasteiger partial charge in [0.05, 0.1) is 17.3 Å². The Kier molecular flexibility index (Phi) is 6.28. The molecule has 0 saturated carbocycles. The van der Waals surface area contributed by atoms with Crippen LogP contribution in [0.1, 0.15) is 31.5 Å². The largest absolute Gasteiger partial charge is 0.339 e. The Morgan fingerprint density at radius 3 is 2.67 bits per heavy atom. The maximum absolute atomic E-state index is 14.8. The second-order valence-electron chi connectivity index (χ2n) is 6.50. The average molecular weight is 437 g/mol. The zero-order chi connectivity index (χ0) is 22.0. The summed E-state index contributed by atoms with van der Waals surface area (Å²) in [6.07, 6.45) is 1.35. The number of aryl methyl sites for hydroxylation is 1. The van der Waals surface area contributed by atoms with Crippen molar-refractivity contribution in [2.75, 3.05) is 6.54 Å². The van der Waals surface area contributed by atoms with E-state index in [0.29, 0.717) is 0 Å². The minimum Gasteiger partial charge on any atom is -0.339 e. The van der Waals surface area contributed by atoms with Gasteiger partial charge in [0.1, 0.15) is 11.6 Å². The number of benzene rings is 1. The quantitative estimate of drug-likeness (QED) is 0.355. The SMILES string of the molecule is CCN(N)C(=O)NC(C)c1ncc(-c2cc(Cl)cc(F)c2-c2noc(C)n2)cc1F. The molecule has 1 unspecified atom stereocenters. The summed E-state index contributed by atoms with van der Waals surface area (Å²) in [5.41, 5.74) is 0.501. The third-order valence-electron chi connectivity index (χ3n) is 4.34. The smallest absolute Gasteiger partial charge is 0.332 e. The van der Waals surface area contributed by atoms with E-state index in [1.807, 2.05) is 0 Å². The predicted molar refractivity (Wildman–Crippen MR) is 106 cm³/mol. The number of urea groups is 1. The van der Waals surface area contributed by atoms with Gasteiger partial charge in [-0.05, 0) is 37.6 Å². The molecule has 0 spiro atoms. The highest BCUT2D eigenvalue weighted by atomic mass is 35.5. The highest BCUT2D eigenvalue weighted by Crippen LogP contribution is 2.36. The van der Waals surface area contributed by atoms with Crippen LogP contribution in [0.2, 0.25) is 5.02 Å². The number of amides is 2. The van der Waals surface area contributed by atoms with Gasteiger partial charge >= 0.3 is 6.03 Å². The van der Waals surface area contributed by atoms with Gasteiger partial charge in [0.15, 0.2) is 0 Å². The number of hydrogen-bond acceptors (Lipinski definition) is 6. The first-order chi connectivity index (χ1) is 14.2. The summed E-state index contributed by atoms with van der Waals surface area (Å²) in [5, 5.41) is 7.36. The third kappa shape index (κ3) is 4.39. The molecule has 11 heteroatoms. The van der Waals surface area contributed by atoms with Crippen molar-refractivity contribution < 1.29 is 18.1 Å². The molecule has 0 saturated heterocycles. The molecular formula is C19H19ClF2N6O2. The Labute approximate surface area is 176 Å². The average Bonchev–Trinajstić information content (AvgIpc) is 3.12. The van der Waals surface area contributed by atoms with Crippen molar-refractivity contribution >= 4 is 17.6 Å². The molecule has 2 heterocycles. The van der Waals surface area contributed by atoms with Gasteiger partial charge in [0.2, 0.25) is 11.7 Å². The standard InChI is InChI=1S/C19H19ClF2N6O2/c1-4-28(23)19(29)25-9(2)17-15(22)5-11(8-24-17)13-6-12(20)7-14(21)16(13)18-26-10(3)30-27-18/h5-9H,4,23H2,1-3H3,(H,25,29). The van der Waals surface area contributed by atoms with Crippen molar-refractivity contribution in [2.24, 2.45) is 5.84 Å². The summed E-state index contributed by atoms with van der Waals surface area (Å²) in [6.45, 7) is 5.12. The van der Waals surface area contributed by atoms with Crippen molar-refractivity contribution in [1.29, 1.82) is 0 Å². The molecule has 0 fully saturated rings. The monoisotopic (exact) mass is 436 g/mol. The van der Waals surface area contributed by atoms with E-state index >= 15 is 0 Å². The molecule has 1 aromatic carbocycles. The molecule has 158 valence electrons. The first-order valence-corrected chi connectivity index (χ1v) is 9.37. The van der Waals surface area contributed by atoms with Crippen molar-refractivity contribution in [3.63, 3.8) is 0 Å². The minimum atomic E-state index is -0.750. The number of aromatic nitrogens is 3. The van der Waals surface area contributed by atoms with E-state index < -0.39 is 23.7 Å². The molecule has 0 aliphatic heterocycles. The number of carbonyl (C=O) groups excluding carboxylic acids is 1. The maximum Gasteiger partial charge on any atom is 0.332 e. The summed E-state index contributed by atoms with van der Waals surface area (Å²) < 4.78 is 34.4. The van der Waals surface area contributed by atoms with Gasteiger partial charge in [-0.3, -0.25) is 9.99 Å². The molecule has 0 aliphatic carbocycles. The molecule has 3 rings (SSSR count). The first kappa shape index (κ1) is 21.6. The van der Waals surface area contributed by atoms with Gasteiger partial charge in [0, 0.05) is 30.3 Å². The van der Waals surface area contributed by atoms with Crippen molar-refractivity contribution in [2.45, 2.75) is 26.8 Å². The number of nitrogens with zero attached hydrogens (tertiary/aromatic N) is 4. The van der Waals surface area contributed by atoms with E-state index in [4.69, 9.17) is 22.0 Å². The van der Waals surface area contributed by atoms with Gasteiger partial charge in [-0.1, -0.05) is 16.8 Å². The molecule has 0 aliphatic rings. The van der Waals surface area contributed by atoms with Gasteiger partial charge < -0.3 is 9.84 Å². The van der Waals surface area contributed by atoms with Crippen LogP contribution >= 0.6 is 11.6 Å². The molecule has 1 atom stereocenters. The lowest BCUT2D eigenvalue weighted by atomic mass is 9.99. The van der Waals surface area contributed by atoms with Crippen LogP contribution in [0.15, 0.2) is 28.9 Å². The van der Waals surface area contributed by atoms with Crippen molar-refractivity contribution in [3.8, 4) is 22.5 Å². The summed E-state index contributed by atoms with van der Waals surface area (Å²) in [5.74, 6) is 4.39. The molecular weight excluding hydrogens is 418 g/mol. The van der Waals surface area contributed by atoms with Crippen molar-refractivity contribution in [1.82, 2.24) is 25.5 Å². The van der Waals surface area contributed by atoms with Crippen LogP contribution in [0.25, 0.3) is 22.5 Å². The number of halogens is 3. The fraction of sp³-hybridized carbons (Fsp3) is 0.263. The lowest BCUT2D eigenvalue weighted by Gasteiger charge is -2.20. The molecule has 0 radical (unpaired) electrons. The maximum atomic E-state index is 14.8. The fourth-order valence-electron chi connectivity index (χ4n) is 2.82. The fourth-order valence-corrected chi connectivity index (χ4v) is 3.03.